The van der Waals surface area contributed by atoms with Gasteiger partial charge in [0.15, 0.2) is 10.9 Å². The maximum Gasteiger partial charge on any atom is 0.325 e. The normalized spacial score (nSPS) is 10.5. The topological polar surface area (TPSA) is 74.3 Å². The number of nitrogens with zero attached hydrogens (tertiary/aromatic N) is 2. The Kier molecular flexibility index (Phi) is 7.41. The van der Waals surface area contributed by atoms with Gasteiger partial charge in [-0.25, -0.2) is 9.78 Å². The highest BCUT2D eigenvalue weighted by atomic mass is 35.5. The fraction of sp³-hybridized carbons (Fsp3) is 0.389. The Morgan fingerprint density at radius 1 is 1.23 bits per heavy atom. The minimum absolute atomic E-state index is 0.0229. The molecule has 2 aromatic rings. The molecule has 1 aromatic heterocycles. The van der Waals surface area contributed by atoms with Crippen LogP contribution in [0.1, 0.15) is 43.0 Å². The van der Waals surface area contributed by atoms with Crippen LogP contribution in [0.15, 0.2) is 24.4 Å². The number of hydrogen-bond donors (Lipinski definition) is 2. The van der Waals surface area contributed by atoms with Gasteiger partial charge in [-0.2, -0.15) is 0 Å². The Bertz CT molecular complexity index is 776. The van der Waals surface area contributed by atoms with Gasteiger partial charge in [-0.15, -0.1) is 0 Å². The van der Waals surface area contributed by atoms with E-state index in [1.165, 1.54) is 17.5 Å². The number of anilines is 3. The van der Waals surface area contributed by atoms with Crippen molar-refractivity contribution >= 4 is 51.3 Å². The molecule has 0 saturated carbocycles. The van der Waals surface area contributed by atoms with Gasteiger partial charge in [-0.1, -0.05) is 42.7 Å². The van der Waals surface area contributed by atoms with Crippen LogP contribution in [0.2, 0.25) is 4.34 Å². The molecule has 26 heavy (non-hydrogen) atoms. The van der Waals surface area contributed by atoms with Crippen LogP contribution in [0, 0.1) is 0 Å². The second-order valence-corrected chi connectivity index (χ2v) is 7.72. The first-order valence-corrected chi connectivity index (χ1v) is 9.64. The zero-order valence-electron chi connectivity index (χ0n) is 15.1. The lowest BCUT2D eigenvalue weighted by atomic mass is 10.0. The summed E-state index contributed by atoms with van der Waals surface area (Å²) in [6, 6.07) is 4.95. The second-order valence-electron chi connectivity index (χ2n) is 6.05. The first-order chi connectivity index (χ1) is 12.4. The fourth-order valence-electron chi connectivity index (χ4n) is 2.38. The number of unbranched alkanes of at least 4 members (excludes halogenated alkanes) is 2. The van der Waals surface area contributed by atoms with Crippen molar-refractivity contribution < 1.29 is 9.59 Å². The number of Topliss-reactive ketones (excluding diaryl/α,β-unsaturated/α-hetero) is 1. The number of carbonyl (C=O) groups excluding carboxylic acids is 2. The van der Waals surface area contributed by atoms with E-state index in [1.807, 2.05) is 31.1 Å². The van der Waals surface area contributed by atoms with Crippen LogP contribution in [0.5, 0.6) is 0 Å². The summed E-state index contributed by atoms with van der Waals surface area (Å²) < 4.78 is 0.488. The Hall–Kier alpha value is -2.12. The van der Waals surface area contributed by atoms with Crippen LogP contribution >= 0.6 is 22.9 Å². The van der Waals surface area contributed by atoms with E-state index in [0.29, 0.717) is 27.1 Å². The van der Waals surface area contributed by atoms with Crippen molar-refractivity contribution in [2.75, 3.05) is 29.6 Å². The first-order valence-electron chi connectivity index (χ1n) is 8.44. The third kappa shape index (κ3) is 5.71. The third-order valence-electron chi connectivity index (χ3n) is 3.77. The van der Waals surface area contributed by atoms with E-state index in [-0.39, 0.29) is 5.78 Å². The monoisotopic (exact) mass is 394 g/mol. The molecule has 0 unspecified atom stereocenters. The molecule has 0 aliphatic carbocycles. The summed E-state index contributed by atoms with van der Waals surface area (Å²) in [7, 11) is 3.82. The van der Waals surface area contributed by atoms with E-state index in [4.69, 9.17) is 11.6 Å². The van der Waals surface area contributed by atoms with Gasteiger partial charge in [0.1, 0.15) is 4.34 Å². The van der Waals surface area contributed by atoms with Crippen LogP contribution in [0.3, 0.4) is 0 Å². The molecule has 2 rings (SSSR count). The van der Waals surface area contributed by atoms with Gasteiger partial charge in [-0.05, 0) is 24.6 Å². The van der Waals surface area contributed by atoms with Crippen molar-refractivity contribution in [2.24, 2.45) is 0 Å². The van der Waals surface area contributed by atoms with Gasteiger partial charge in [0.2, 0.25) is 0 Å². The van der Waals surface area contributed by atoms with E-state index in [2.05, 4.69) is 22.5 Å². The largest absolute Gasteiger partial charge is 0.378 e. The summed E-state index contributed by atoms with van der Waals surface area (Å²) in [6.45, 7) is 2.10. The maximum atomic E-state index is 12.6. The van der Waals surface area contributed by atoms with Crippen molar-refractivity contribution in [2.45, 2.75) is 32.6 Å². The highest BCUT2D eigenvalue weighted by molar-refractivity contribution is 7.19. The SMILES string of the molecule is CCCCCC(=O)c1cc(N(C)C)ccc1NC(=O)Nc1ncc(Cl)s1. The molecule has 1 aromatic carbocycles. The number of ketones is 1. The zero-order chi connectivity index (χ0) is 19.1. The van der Waals surface area contributed by atoms with Gasteiger partial charge in [0.25, 0.3) is 0 Å². The zero-order valence-corrected chi connectivity index (χ0v) is 16.7. The minimum Gasteiger partial charge on any atom is -0.378 e. The molecule has 0 radical (unpaired) electrons. The number of thiazole rings is 1. The third-order valence-corrected chi connectivity index (χ3v) is 4.80. The van der Waals surface area contributed by atoms with Gasteiger partial charge < -0.3 is 10.2 Å². The van der Waals surface area contributed by atoms with Gasteiger partial charge in [0, 0.05) is 31.8 Å². The van der Waals surface area contributed by atoms with Crippen molar-refractivity contribution in [3.63, 3.8) is 0 Å². The van der Waals surface area contributed by atoms with E-state index < -0.39 is 6.03 Å². The molecule has 0 bridgehead atoms. The molecular weight excluding hydrogens is 372 g/mol. The number of urea groups is 1. The van der Waals surface area contributed by atoms with Crippen LogP contribution in [-0.2, 0) is 0 Å². The Labute approximate surface area is 162 Å². The first kappa shape index (κ1) is 20.2. The summed E-state index contributed by atoms with van der Waals surface area (Å²) in [5.41, 5.74) is 1.90. The van der Waals surface area contributed by atoms with E-state index in [0.717, 1.165) is 24.9 Å². The number of benzene rings is 1. The molecule has 140 valence electrons. The number of amides is 2. The predicted molar refractivity (Wildman–Crippen MR) is 109 cm³/mol. The summed E-state index contributed by atoms with van der Waals surface area (Å²) in [6.07, 6.45) is 4.83. The minimum atomic E-state index is -0.462. The van der Waals surface area contributed by atoms with E-state index in [1.54, 1.807) is 6.07 Å². The smallest absolute Gasteiger partial charge is 0.325 e. The second kappa shape index (κ2) is 9.54. The molecule has 0 fully saturated rings. The molecular formula is C18H23ClN4O2S. The molecule has 0 atom stereocenters. The Morgan fingerprint density at radius 3 is 2.62 bits per heavy atom. The molecule has 8 heteroatoms. The number of halogens is 1. The number of rotatable bonds is 8. The molecule has 6 nitrogen and oxygen atoms in total. The molecule has 0 aliphatic rings. The van der Waals surface area contributed by atoms with E-state index >= 15 is 0 Å². The average Bonchev–Trinajstić information content (AvgIpc) is 2.99. The predicted octanol–water partition coefficient (Wildman–Crippen LogP) is 5.27. The Balaban J connectivity index is 2.17. The maximum absolute atomic E-state index is 12.6. The van der Waals surface area contributed by atoms with Crippen LogP contribution < -0.4 is 15.5 Å². The molecule has 2 amide bonds. The summed E-state index contributed by atoms with van der Waals surface area (Å²) >= 11 is 6.98. The van der Waals surface area contributed by atoms with Crippen molar-refractivity contribution in [3.8, 4) is 0 Å². The van der Waals surface area contributed by atoms with Gasteiger partial charge >= 0.3 is 6.03 Å². The lowest BCUT2D eigenvalue weighted by molar-refractivity contribution is 0.0980. The van der Waals surface area contributed by atoms with Gasteiger partial charge in [-0.3, -0.25) is 10.1 Å². The summed E-state index contributed by atoms with van der Waals surface area (Å²) in [5, 5.41) is 5.75. The molecule has 2 N–H and O–H groups in total. The number of hydrogen-bond acceptors (Lipinski definition) is 5. The molecule has 1 heterocycles. The quantitative estimate of drug-likeness (QED) is 0.472. The van der Waals surface area contributed by atoms with Crippen molar-refractivity contribution in [3.05, 3.63) is 34.3 Å². The fourth-order valence-corrected chi connectivity index (χ4v) is 3.19. The summed E-state index contributed by atoms with van der Waals surface area (Å²) in [4.78, 5) is 30.8. The number of nitrogens with one attached hydrogen (secondary N) is 2. The lowest BCUT2D eigenvalue weighted by Crippen LogP contribution is -2.21. The van der Waals surface area contributed by atoms with Crippen LogP contribution in [-0.4, -0.2) is 30.9 Å². The lowest BCUT2D eigenvalue weighted by Gasteiger charge is -2.17. The van der Waals surface area contributed by atoms with Crippen molar-refractivity contribution in [1.29, 1.82) is 0 Å². The van der Waals surface area contributed by atoms with Crippen LogP contribution in [0.4, 0.5) is 21.3 Å². The van der Waals surface area contributed by atoms with Crippen LogP contribution in [0.25, 0.3) is 0 Å². The molecule has 0 saturated heterocycles. The number of aromatic nitrogens is 1. The Morgan fingerprint density at radius 2 is 2.00 bits per heavy atom. The highest BCUT2D eigenvalue weighted by Gasteiger charge is 2.15. The molecule has 0 aliphatic heterocycles. The van der Waals surface area contributed by atoms with Gasteiger partial charge in [0.05, 0.1) is 11.9 Å². The van der Waals surface area contributed by atoms with Crippen molar-refractivity contribution in [1.82, 2.24) is 4.98 Å². The highest BCUT2D eigenvalue weighted by Crippen LogP contribution is 2.26. The molecule has 0 spiro atoms. The summed E-state index contributed by atoms with van der Waals surface area (Å²) in [5.74, 6) is 0.0229. The standard InChI is InChI=1S/C18H23ClN4O2S/c1-4-5-6-7-15(24)13-10-12(23(2)3)8-9-14(13)21-17(25)22-18-20-11-16(19)26-18/h8-11H,4-7H2,1-3H3,(H2,20,21,22,25). The van der Waals surface area contributed by atoms with E-state index in [9.17, 15) is 9.59 Å². The number of carbonyl (C=O) groups is 2. The average molecular weight is 395 g/mol.